The zero-order valence-electron chi connectivity index (χ0n) is 7.12. The first-order valence-electron chi connectivity index (χ1n) is 3.93. The van der Waals surface area contributed by atoms with E-state index in [9.17, 15) is 13.2 Å². The average molecular weight is 178 g/mol. The van der Waals surface area contributed by atoms with Gasteiger partial charge in [-0.15, -0.1) is 0 Å². The van der Waals surface area contributed by atoms with Gasteiger partial charge in [0, 0.05) is 6.08 Å². The number of halogens is 3. The fraction of sp³-hybridized carbons (Fsp3) is 0.556. The van der Waals surface area contributed by atoms with Crippen molar-refractivity contribution in [2.24, 2.45) is 0 Å². The highest BCUT2D eigenvalue weighted by molar-refractivity contribution is 5.13. The number of hydrogen-bond donors (Lipinski definition) is 0. The van der Waals surface area contributed by atoms with Crippen molar-refractivity contribution in [1.29, 1.82) is 0 Å². The summed E-state index contributed by atoms with van der Waals surface area (Å²) in [5.41, 5.74) is 0. The number of hydrogen-bond acceptors (Lipinski definition) is 0. The highest BCUT2D eigenvalue weighted by Crippen LogP contribution is 2.17. The molecule has 0 bridgehead atoms. The van der Waals surface area contributed by atoms with Crippen molar-refractivity contribution in [3.8, 4) is 0 Å². The molecule has 0 fully saturated rings. The Morgan fingerprint density at radius 2 is 2.08 bits per heavy atom. The van der Waals surface area contributed by atoms with Gasteiger partial charge in [0.05, 0.1) is 0 Å². The Morgan fingerprint density at radius 1 is 1.50 bits per heavy atom. The van der Waals surface area contributed by atoms with Crippen molar-refractivity contribution in [3.05, 3.63) is 24.3 Å². The summed E-state index contributed by atoms with van der Waals surface area (Å²) in [6.07, 6.45) is 0.301. The van der Waals surface area contributed by atoms with E-state index in [1.165, 1.54) is 0 Å². The number of alkyl halides is 1. The monoisotopic (exact) mass is 178 g/mol. The third-order valence-electron chi connectivity index (χ3n) is 1.40. The first-order valence-corrected chi connectivity index (χ1v) is 3.93. The minimum Gasteiger partial charge on any atom is -0.240 e. The summed E-state index contributed by atoms with van der Waals surface area (Å²) in [7, 11) is 0. The van der Waals surface area contributed by atoms with Gasteiger partial charge in [0.2, 0.25) is 0 Å². The Morgan fingerprint density at radius 3 is 2.50 bits per heavy atom. The number of unbranched alkanes of at least 4 members (excludes halogenated alkanes) is 1. The smallest absolute Gasteiger partial charge is 0.151 e. The second-order valence-electron chi connectivity index (χ2n) is 2.59. The first kappa shape index (κ1) is 11.3. The summed E-state index contributed by atoms with van der Waals surface area (Å²) in [5.74, 6) is -2.03. The van der Waals surface area contributed by atoms with Gasteiger partial charge >= 0.3 is 0 Å². The highest BCUT2D eigenvalue weighted by Gasteiger charge is 2.11. The van der Waals surface area contributed by atoms with Crippen LogP contribution in [0.3, 0.4) is 0 Å². The molecule has 0 aliphatic rings. The molecule has 0 heterocycles. The molecule has 0 aromatic heterocycles. The molecule has 0 unspecified atom stereocenters. The van der Waals surface area contributed by atoms with Gasteiger partial charge in [-0.2, -0.15) is 0 Å². The van der Waals surface area contributed by atoms with Crippen LogP contribution in [0.5, 0.6) is 0 Å². The molecular weight excluding hydrogens is 165 g/mol. The molecule has 0 nitrogen and oxygen atoms in total. The lowest BCUT2D eigenvalue weighted by Gasteiger charge is -2.03. The molecule has 0 aromatic carbocycles. The van der Waals surface area contributed by atoms with Crippen molar-refractivity contribution in [2.45, 2.75) is 32.4 Å². The Balaban J connectivity index is 3.91. The Bertz CT molecular complexity index is 173. The van der Waals surface area contributed by atoms with Crippen LogP contribution in [-0.2, 0) is 0 Å². The van der Waals surface area contributed by atoms with Gasteiger partial charge in [-0.05, 0) is 6.42 Å². The zero-order valence-corrected chi connectivity index (χ0v) is 7.12. The van der Waals surface area contributed by atoms with E-state index in [2.05, 4.69) is 6.58 Å². The lowest BCUT2D eigenvalue weighted by molar-refractivity contribution is 0.302. The lowest BCUT2D eigenvalue weighted by Crippen LogP contribution is -2.00. The third kappa shape index (κ3) is 4.99. The fourth-order valence-corrected chi connectivity index (χ4v) is 0.761. The summed E-state index contributed by atoms with van der Waals surface area (Å²) >= 11 is 0. The van der Waals surface area contributed by atoms with Gasteiger partial charge in [0.25, 0.3) is 0 Å². The molecule has 0 aliphatic heterocycles. The van der Waals surface area contributed by atoms with E-state index in [1.807, 2.05) is 6.92 Å². The molecule has 0 aliphatic carbocycles. The summed E-state index contributed by atoms with van der Waals surface area (Å²) in [6.45, 7) is 4.69. The summed E-state index contributed by atoms with van der Waals surface area (Å²) < 4.78 is 37.2. The second kappa shape index (κ2) is 5.86. The van der Waals surface area contributed by atoms with Crippen molar-refractivity contribution in [1.82, 2.24) is 0 Å². The molecule has 0 radical (unpaired) electrons. The predicted molar refractivity (Wildman–Crippen MR) is 43.9 cm³/mol. The molecule has 0 amide bonds. The molecule has 0 saturated carbocycles. The number of allylic oxidation sites excluding steroid dienone is 3. The highest BCUT2D eigenvalue weighted by atomic mass is 19.2. The second-order valence-corrected chi connectivity index (χ2v) is 2.59. The molecule has 0 aromatic rings. The number of rotatable bonds is 5. The minimum atomic E-state index is -1.68. The topological polar surface area (TPSA) is 0 Å². The van der Waals surface area contributed by atoms with E-state index in [1.54, 1.807) is 0 Å². The minimum absolute atomic E-state index is 0.103. The standard InChI is InChI=1S/C9H13F3/c1-3-4-5-8(11)9(12)6-7(2)10/h6,8H,2-5H2,1H3/b9-6+/t8-/m0/s1. The van der Waals surface area contributed by atoms with E-state index in [-0.39, 0.29) is 6.42 Å². The third-order valence-corrected chi connectivity index (χ3v) is 1.40. The van der Waals surface area contributed by atoms with Gasteiger partial charge in [-0.25, -0.2) is 13.2 Å². The van der Waals surface area contributed by atoms with Crippen molar-refractivity contribution in [3.63, 3.8) is 0 Å². The van der Waals surface area contributed by atoms with Crippen LogP contribution in [0.1, 0.15) is 26.2 Å². The molecule has 0 rings (SSSR count). The van der Waals surface area contributed by atoms with E-state index in [0.717, 1.165) is 6.42 Å². The van der Waals surface area contributed by atoms with Crippen LogP contribution in [-0.4, -0.2) is 6.17 Å². The van der Waals surface area contributed by atoms with Gasteiger partial charge in [0.1, 0.15) is 11.7 Å². The van der Waals surface area contributed by atoms with Crippen LogP contribution < -0.4 is 0 Å². The predicted octanol–water partition coefficient (Wildman–Crippen LogP) is 3.85. The summed E-state index contributed by atoms with van der Waals surface area (Å²) in [5, 5.41) is 0. The Hall–Kier alpha value is -0.730. The quantitative estimate of drug-likeness (QED) is 0.561. The van der Waals surface area contributed by atoms with Crippen LogP contribution in [0.2, 0.25) is 0 Å². The van der Waals surface area contributed by atoms with E-state index < -0.39 is 17.8 Å². The molecule has 70 valence electrons. The van der Waals surface area contributed by atoms with E-state index in [0.29, 0.717) is 12.5 Å². The average Bonchev–Trinajstić information content (AvgIpc) is 1.98. The molecule has 12 heavy (non-hydrogen) atoms. The van der Waals surface area contributed by atoms with Crippen LogP contribution in [0.25, 0.3) is 0 Å². The Labute approximate surface area is 70.8 Å². The van der Waals surface area contributed by atoms with Crippen molar-refractivity contribution < 1.29 is 13.2 Å². The van der Waals surface area contributed by atoms with Gasteiger partial charge in [-0.1, -0.05) is 26.3 Å². The van der Waals surface area contributed by atoms with E-state index >= 15 is 0 Å². The van der Waals surface area contributed by atoms with Crippen LogP contribution in [0, 0.1) is 0 Å². The Kier molecular flexibility index (Phi) is 5.51. The normalized spacial score (nSPS) is 14.5. The SMILES string of the molecule is C=C(F)/C=C(/F)[C@@H](F)CCCC. The van der Waals surface area contributed by atoms with Crippen molar-refractivity contribution >= 4 is 0 Å². The van der Waals surface area contributed by atoms with Crippen molar-refractivity contribution in [2.75, 3.05) is 0 Å². The summed E-state index contributed by atoms with van der Waals surface area (Å²) in [4.78, 5) is 0. The molecule has 0 spiro atoms. The molecule has 1 atom stereocenters. The largest absolute Gasteiger partial charge is 0.240 e. The first-order chi connectivity index (χ1) is 5.57. The molecule has 0 N–H and O–H groups in total. The summed E-state index contributed by atoms with van der Waals surface area (Å²) in [6, 6.07) is 0. The maximum Gasteiger partial charge on any atom is 0.151 e. The maximum atomic E-state index is 12.7. The van der Waals surface area contributed by atoms with Crippen LogP contribution in [0.4, 0.5) is 13.2 Å². The maximum absolute atomic E-state index is 12.7. The van der Waals surface area contributed by atoms with Gasteiger partial charge < -0.3 is 0 Å². The van der Waals surface area contributed by atoms with Gasteiger partial charge in [0.15, 0.2) is 6.17 Å². The molecule has 3 heteroatoms. The lowest BCUT2D eigenvalue weighted by atomic mass is 10.1. The molecular formula is C9H13F3. The van der Waals surface area contributed by atoms with Gasteiger partial charge in [-0.3, -0.25) is 0 Å². The fourth-order valence-electron chi connectivity index (χ4n) is 0.761. The van der Waals surface area contributed by atoms with Crippen LogP contribution >= 0.6 is 0 Å². The zero-order chi connectivity index (χ0) is 9.56. The van der Waals surface area contributed by atoms with Crippen LogP contribution in [0.15, 0.2) is 24.3 Å². The van der Waals surface area contributed by atoms with E-state index in [4.69, 9.17) is 0 Å². The molecule has 0 saturated heterocycles.